The highest BCUT2D eigenvalue weighted by atomic mass is 15.3. The molecule has 1 fully saturated rings. The summed E-state index contributed by atoms with van der Waals surface area (Å²) in [5.74, 6) is 6.34. The molecule has 0 spiro atoms. The van der Waals surface area contributed by atoms with E-state index in [1.165, 1.54) is 12.8 Å². The Hall–Kier alpha value is -0.930. The van der Waals surface area contributed by atoms with E-state index in [1.807, 2.05) is 4.90 Å². The first-order chi connectivity index (χ1) is 5.24. The van der Waals surface area contributed by atoms with E-state index in [1.54, 1.807) is 0 Å². The minimum atomic E-state index is 0.469. The quantitative estimate of drug-likeness (QED) is 0.223. The second-order valence-corrected chi connectivity index (χ2v) is 3.16. The molecule has 0 saturated carbocycles. The maximum absolute atomic E-state index is 5.54. The molecule has 11 heavy (non-hydrogen) atoms. The highest BCUT2D eigenvalue weighted by molar-refractivity contribution is 5.77. The maximum atomic E-state index is 5.54. The molecule has 1 rings (SSSR count). The molecule has 0 amide bonds. The van der Waals surface area contributed by atoms with Crippen molar-refractivity contribution in [2.24, 2.45) is 22.6 Å². The zero-order valence-electron chi connectivity index (χ0n) is 6.95. The Morgan fingerprint density at radius 3 is 2.45 bits per heavy atom. The van der Waals surface area contributed by atoms with Gasteiger partial charge in [0.2, 0.25) is 5.96 Å². The van der Waals surface area contributed by atoms with Crippen LogP contribution in [0.3, 0.4) is 0 Å². The van der Waals surface area contributed by atoms with Gasteiger partial charge in [-0.05, 0) is 18.8 Å². The van der Waals surface area contributed by atoms with Crippen LogP contribution in [0.15, 0.2) is 5.10 Å². The SMILES string of the molecule is CC1CCN(C(N)=NN)CC1. The summed E-state index contributed by atoms with van der Waals surface area (Å²) in [6.07, 6.45) is 2.38. The van der Waals surface area contributed by atoms with E-state index in [2.05, 4.69) is 12.0 Å². The zero-order chi connectivity index (χ0) is 8.27. The van der Waals surface area contributed by atoms with Crippen molar-refractivity contribution in [1.82, 2.24) is 4.90 Å². The fourth-order valence-electron chi connectivity index (χ4n) is 1.32. The van der Waals surface area contributed by atoms with Crippen molar-refractivity contribution >= 4 is 5.96 Å². The molecular formula is C7H16N4. The third-order valence-electron chi connectivity index (χ3n) is 2.24. The van der Waals surface area contributed by atoms with Crippen LogP contribution in [0.5, 0.6) is 0 Å². The lowest BCUT2D eigenvalue weighted by Crippen LogP contribution is -2.42. The van der Waals surface area contributed by atoms with Crippen LogP contribution >= 0.6 is 0 Å². The van der Waals surface area contributed by atoms with E-state index in [4.69, 9.17) is 11.6 Å². The van der Waals surface area contributed by atoms with Crippen LogP contribution in [0, 0.1) is 5.92 Å². The summed E-state index contributed by atoms with van der Waals surface area (Å²) in [5, 5.41) is 3.46. The number of piperidine rings is 1. The van der Waals surface area contributed by atoms with Crippen molar-refractivity contribution in [3.05, 3.63) is 0 Å². The molecule has 1 heterocycles. The van der Waals surface area contributed by atoms with Gasteiger partial charge in [-0.3, -0.25) is 0 Å². The molecule has 0 aliphatic carbocycles. The molecule has 1 saturated heterocycles. The number of guanidine groups is 1. The highest BCUT2D eigenvalue weighted by Gasteiger charge is 2.16. The summed E-state index contributed by atoms with van der Waals surface area (Å²) >= 11 is 0. The molecule has 0 radical (unpaired) electrons. The Labute approximate surface area is 67.2 Å². The number of rotatable bonds is 0. The van der Waals surface area contributed by atoms with E-state index in [0.717, 1.165) is 19.0 Å². The summed E-state index contributed by atoms with van der Waals surface area (Å²) in [5.41, 5.74) is 5.54. The molecule has 0 aromatic rings. The second kappa shape index (κ2) is 3.46. The zero-order valence-corrected chi connectivity index (χ0v) is 6.95. The van der Waals surface area contributed by atoms with E-state index in [0.29, 0.717) is 5.96 Å². The molecular weight excluding hydrogens is 140 g/mol. The lowest BCUT2D eigenvalue weighted by molar-refractivity contribution is 0.277. The molecule has 4 nitrogen and oxygen atoms in total. The third-order valence-corrected chi connectivity index (χ3v) is 2.24. The van der Waals surface area contributed by atoms with Crippen LogP contribution in [-0.4, -0.2) is 23.9 Å². The van der Waals surface area contributed by atoms with Crippen molar-refractivity contribution in [1.29, 1.82) is 0 Å². The van der Waals surface area contributed by atoms with Gasteiger partial charge in [0.05, 0.1) is 0 Å². The number of likely N-dealkylation sites (tertiary alicyclic amines) is 1. The number of nitrogens with two attached hydrogens (primary N) is 2. The molecule has 0 aromatic carbocycles. The summed E-state index contributed by atoms with van der Waals surface area (Å²) in [6, 6.07) is 0. The van der Waals surface area contributed by atoms with Crippen molar-refractivity contribution in [2.45, 2.75) is 19.8 Å². The Kier molecular flexibility index (Phi) is 2.57. The number of nitrogens with zero attached hydrogens (tertiary/aromatic N) is 2. The molecule has 0 bridgehead atoms. The highest BCUT2D eigenvalue weighted by Crippen LogP contribution is 2.14. The van der Waals surface area contributed by atoms with Gasteiger partial charge < -0.3 is 16.5 Å². The van der Waals surface area contributed by atoms with Gasteiger partial charge in [-0.2, -0.15) is 0 Å². The minimum absolute atomic E-state index is 0.469. The van der Waals surface area contributed by atoms with Gasteiger partial charge in [0.25, 0.3) is 0 Å². The van der Waals surface area contributed by atoms with Crippen LogP contribution in [0.4, 0.5) is 0 Å². The van der Waals surface area contributed by atoms with E-state index < -0.39 is 0 Å². The second-order valence-electron chi connectivity index (χ2n) is 3.16. The topological polar surface area (TPSA) is 67.6 Å². The monoisotopic (exact) mass is 156 g/mol. The fourth-order valence-corrected chi connectivity index (χ4v) is 1.32. The van der Waals surface area contributed by atoms with Gasteiger partial charge in [0, 0.05) is 13.1 Å². The molecule has 1 aliphatic rings. The molecule has 4 heteroatoms. The van der Waals surface area contributed by atoms with E-state index in [-0.39, 0.29) is 0 Å². The number of hydrazone groups is 1. The van der Waals surface area contributed by atoms with Gasteiger partial charge in [0.15, 0.2) is 0 Å². The number of hydrogen-bond acceptors (Lipinski definition) is 2. The van der Waals surface area contributed by atoms with Crippen molar-refractivity contribution in [3.63, 3.8) is 0 Å². The van der Waals surface area contributed by atoms with Crippen molar-refractivity contribution < 1.29 is 0 Å². The average molecular weight is 156 g/mol. The number of hydrogen-bond donors (Lipinski definition) is 2. The summed E-state index contributed by atoms with van der Waals surface area (Å²) < 4.78 is 0. The third kappa shape index (κ3) is 2.00. The molecule has 4 N–H and O–H groups in total. The Morgan fingerprint density at radius 1 is 1.45 bits per heavy atom. The van der Waals surface area contributed by atoms with Crippen LogP contribution < -0.4 is 11.6 Å². The van der Waals surface area contributed by atoms with Crippen LogP contribution in [0.1, 0.15) is 19.8 Å². The van der Waals surface area contributed by atoms with Crippen molar-refractivity contribution in [2.75, 3.05) is 13.1 Å². The van der Waals surface area contributed by atoms with Crippen molar-refractivity contribution in [3.8, 4) is 0 Å². The van der Waals surface area contributed by atoms with E-state index >= 15 is 0 Å². The average Bonchev–Trinajstić information content (AvgIpc) is 2.05. The predicted molar refractivity (Wildman–Crippen MR) is 45.8 cm³/mol. The first kappa shape index (κ1) is 8.17. The summed E-state index contributed by atoms with van der Waals surface area (Å²) in [7, 11) is 0. The van der Waals surface area contributed by atoms with Crippen LogP contribution in [0.25, 0.3) is 0 Å². The van der Waals surface area contributed by atoms with Gasteiger partial charge in [-0.15, -0.1) is 5.10 Å². The van der Waals surface area contributed by atoms with Gasteiger partial charge in [0.1, 0.15) is 0 Å². The first-order valence-electron chi connectivity index (χ1n) is 4.02. The van der Waals surface area contributed by atoms with Crippen LogP contribution in [0.2, 0.25) is 0 Å². The lowest BCUT2D eigenvalue weighted by Gasteiger charge is -2.30. The van der Waals surface area contributed by atoms with Gasteiger partial charge in [-0.25, -0.2) is 0 Å². The summed E-state index contributed by atoms with van der Waals surface area (Å²) in [4.78, 5) is 2.03. The molecule has 0 atom stereocenters. The fraction of sp³-hybridized carbons (Fsp3) is 0.857. The smallest absolute Gasteiger partial charge is 0.213 e. The molecule has 64 valence electrons. The Morgan fingerprint density at radius 2 is 2.00 bits per heavy atom. The normalized spacial score (nSPS) is 22.3. The summed E-state index contributed by atoms with van der Waals surface area (Å²) in [6.45, 7) is 4.24. The van der Waals surface area contributed by atoms with Gasteiger partial charge in [-0.1, -0.05) is 6.92 Å². The molecule has 1 aliphatic heterocycles. The molecule has 0 unspecified atom stereocenters. The predicted octanol–water partition coefficient (Wildman–Crippen LogP) is -0.0933. The first-order valence-corrected chi connectivity index (χ1v) is 4.02. The van der Waals surface area contributed by atoms with Crippen LogP contribution in [-0.2, 0) is 0 Å². The standard InChI is InChI=1S/C7H16N4/c1-6-2-4-11(5-3-6)7(8)10-9/h6H,2-5,9H2,1H3,(H2,8,10). The maximum Gasteiger partial charge on any atom is 0.213 e. The minimum Gasteiger partial charge on any atom is -0.368 e. The lowest BCUT2D eigenvalue weighted by atomic mass is 10.00. The molecule has 0 aromatic heterocycles. The largest absolute Gasteiger partial charge is 0.368 e. The Bertz CT molecular complexity index is 147. The van der Waals surface area contributed by atoms with E-state index in [9.17, 15) is 0 Å². The Balaban J connectivity index is 2.39. The van der Waals surface area contributed by atoms with Gasteiger partial charge >= 0.3 is 0 Å².